The lowest BCUT2D eigenvalue weighted by atomic mass is 10.1. The number of benzene rings is 2. The summed E-state index contributed by atoms with van der Waals surface area (Å²) in [5, 5.41) is 7.99. The minimum absolute atomic E-state index is 0.0568. The van der Waals surface area contributed by atoms with Crippen LogP contribution in [0.5, 0.6) is 5.75 Å². The van der Waals surface area contributed by atoms with Crippen molar-refractivity contribution in [2.24, 2.45) is 0 Å². The van der Waals surface area contributed by atoms with Gasteiger partial charge in [0.15, 0.2) is 0 Å². The Balaban J connectivity index is 1.38. The Morgan fingerprint density at radius 2 is 1.91 bits per heavy atom. The van der Waals surface area contributed by atoms with Crippen LogP contribution in [0.25, 0.3) is 16.9 Å². The maximum atomic E-state index is 12.8. The summed E-state index contributed by atoms with van der Waals surface area (Å²) in [6.45, 7) is 2.23. The number of ether oxygens (including phenoxy) is 2. The molecule has 5 rings (SSSR count). The first-order chi connectivity index (χ1) is 17.1. The lowest BCUT2D eigenvalue weighted by Crippen LogP contribution is -2.40. The van der Waals surface area contributed by atoms with E-state index in [1.54, 1.807) is 41.1 Å². The molecule has 0 radical (unpaired) electrons. The highest BCUT2D eigenvalue weighted by atomic mass is 35.5. The Labute approximate surface area is 207 Å². The average molecular weight is 491 g/mol. The minimum Gasteiger partial charge on any atom is -0.495 e. The second-order valence-corrected chi connectivity index (χ2v) is 8.25. The molecule has 0 spiro atoms. The number of nitrogens with zero attached hydrogens (tertiary/aromatic N) is 5. The van der Waals surface area contributed by atoms with Crippen LogP contribution in [0.15, 0.2) is 67.1 Å². The maximum Gasteiger partial charge on any atom is 0.254 e. The van der Waals surface area contributed by atoms with Crippen LogP contribution in [0.1, 0.15) is 10.4 Å². The number of aromatic nitrogens is 4. The van der Waals surface area contributed by atoms with Crippen LogP contribution in [0.3, 0.4) is 0 Å². The third kappa shape index (κ3) is 4.96. The molecule has 1 fully saturated rings. The molecule has 0 saturated carbocycles. The molecular formula is C25H23ClN6O3. The second kappa shape index (κ2) is 10.1. The summed E-state index contributed by atoms with van der Waals surface area (Å²) < 4.78 is 12.6. The van der Waals surface area contributed by atoms with Crippen molar-refractivity contribution in [3.05, 3.63) is 77.7 Å². The van der Waals surface area contributed by atoms with Gasteiger partial charge in [-0.3, -0.25) is 4.79 Å². The van der Waals surface area contributed by atoms with E-state index in [-0.39, 0.29) is 5.91 Å². The molecule has 1 saturated heterocycles. The summed E-state index contributed by atoms with van der Waals surface area (Å²) in [7, 11) is 1.55. The first-order valence-electron chi connectivity index (χ1n) is 11.1. The number of morpholine rings is 1. The minimum atomic E-state index is -0.0568. The summed E-state index contributed by atoms with van der Waals surface area (Å²) in [5.74, 6) is 0.780. The molecule has 4 aromatic rings. The van der Waals surface area contributed by atoms with Gasteiger partial charge in [-0.2, -0.15) is 5.10 Å². The van der Waals surface area contributed by atoms with E-state index in [9.17, 15) is 4.79 Å². The topological polar surface area (TPSA) is 94.4 Å². The zero-order valence-electron chi connectivity index (χ0n) is 19.0. The van der Waals surface area contributed by atoms with Crippen LogP contribution in [0.4, 0.5) is 11.6 Å². The van der Waals surface area contributed by atoms with Gasteiger partial charge in [0.2, 0.25) is 5.95 Å². The van der Waals surface area contributed by atoms with E-state index >= 15 is 0 Å². The molecule has 0 aliphatic carbocycles. The van der Waals surface area contributed by atoms with Gasteiger partial charge in [0.05, 0.1) is 54.8 Å². The van der Waals surface area contributed by atoms with Crippen LogP contribution < -0.4 is 10.1 Å². The normalized spacial score (nSPS) is 13.5. The van der Waals surface area contributed by atoms with E-state index in [4.69, 9.17) is 21.1 Å². The third-order valence-corrected chi connectivity index (χ3v) is 5.89. The van der Waals surface area contributed by atoms with Crippen molar-refractivity contribution in [3.8, 4) is 22.7 Å². The van der Waals surface area contributed by atoms with Crippen LogP contribution in [0, 0.1) is 0 Å². The van der Waals surface area contributed by atoms with Crippen molar-refractivity contribution in [3.63, 3.8) is 0 Å². The van der Waals surface area contributed by atoms with Crippen molar-refractivity contribution >= 4 is 29.1 Å². The number of carbonyl (C=O) groups excluding carboxylic acids is 1. The van der Waals surface area contributed by atoms with E-state index in [2.05, 4.69) is 20.4 Å². The number of halogens is 1. The fourth-order valence-electron chi connectivity index (χ4n) is 3.79. The first kappa shape index (κ1) is 22.8. The molecule has 3 heterocycles. The summed E-state index contributed by atoms with van der Waals surface area (Å²) in [6.07, 6.45) is 5.10. The number of nitrogens with one attached hydrogen (secondary N) is 1. The molecule has 0 bridgehead atoms. The molecule has 35 heavy (non-hydrogen) atoms. The van der Waals surface area contributed by atoms with Gasteiger partial charge in [-0.1, -0.05) is 29.8 Å². The molecule has 1 aliphatic heterocycles. The van der Waals surface area contributed by atoms with E-state index in [1.807, 2.05) is 36.5 Å². The molecule has 2 aromatic heterocycles. The van der Waals surface area contributed by atoms with Gasteiger partial charge in [-0.15, -0.1) is 0 Å². The van der Waals surface area contributed by atoms with Crippen LogP contribution in [0.2, 0.25) is 5.02 Å². The highest BCUT2D eigenvalue weighted by Gasteiger charge is 2.20. The van der Waals surface area contributed by atoms with Crippen molar-refractivity contribution in [2.45, 2.75) is 0 Å². The lowest BCUT2D eigenvalue weighted by Gasteiger charge is -2.27. The summed E-state index contributed by atoms with van der Waals surface area (Å²) in [5.41, 5.74) is 3.39. The van der Waals surface area contributed by atoms with Crippen LogP contribution in [-0.4, -0.2) is 64.0 Å². The zero-order chi connectivity index (χ0) is 24.2. The number of anilines is 2. The van der Waals surface area contributed by atoms with Gasteiger partial charge in [0, 0.05) is 30.4 Å². The quantitative estimate of drug-likeness (QED) is 0.432. The zero-order valence-corrected chi connectivity index (χ0v) is 19.8. The third-order valence-electron chi connectivity index (χ3n) is 5.61. The number of para-hydroxylation sites is 1. The number of hydrogen-bond donors (Lipinski definition) is 1. The predicted molar refractivity (Wildman–Crippen MR) is 133 cm³/mol. The van der Waals surface area contributed by atoms with Gasteiger partial charge in [-0.05, 0) is 30.3 Å². The number of hydrogen-bond acceptors (Lipinski definition) is 7. The van der Waals surface area contributed by atoms with Gasteiger partial charge >= 0.3 is 0 Å². The van der Waals surface area contributed by atoms with E-state index in [1.165, 1.54) is 6.20 Å². The van der Waals surface area contributed by atoms with Crippen molar-refractivity contribution < 1.29 is 14.3 Å². The number of amides is 1. The molecule has 178 valence electrons. The molecular weight excluding hydrogens is 468 g/mol. The highest BCUT2D eigenvalue weighted by Crippen LogP contribution is 2.31. The standard InChI is InChI=1S/C25H23ClN6O3/c1-34-22-13-17(24(33)31-9-11-35-12-10-31)7-8-21(22)29-25-27-15-20(26)23(30-25)18-14-28-32(16-18)19-5-3-2-4-6-19/h2-8,13-16H,9-12H2,1H3,(H,27,29,30). The van der Waals surface area contributed by atoms with E-state index in [0.29, 0.717) is 60.0 Å². The molecule has 1 amide bonds. The van der Waals surface area contributed by atoms with E-state index in [0.717, 1.165) is 11.3 Å². The van der Waals surface area contributed by atoms with Gasteiger partial charge in [0.25, 0.3) is 5.91 Å². The molecule has 1 aliphatic rings. The van der Waals surface area contributed by atoms with E-state index < -0.39 is 0 Å². The predicted octanol–water partition coefficient (Wildman–Crippen LogP) is 4.21. The first-order valence-corrected chi connectivity index (χ1v) is 11.5. The molecule has 10 heteroatoms. The average Bonchev–Trinajstić information content (AvgIpc) is 3.41. The summed E-state index contributed by atoms with van der Waals surface area (Å²) in [4.78, 5) is 23.5. The molecule has 2 aromatic carbocycles. The molecule has 1 N–H and O–H groups in total. The number of carbonyl (C=O) groups is 1. The Bertz CT molecular complexity index is 1340. The summed E-state index contributed by atoms with van der Waals surface area (Å²) >= 11 is 6.41. The largest absolute Gasteiger partial charge is 0.495 e. The Morgan fingerprint density at radius 3 is 2.69 bits per heavy atom. The number of rotatable bonds is 6. The molecule has 0 atom stereocenters. The lowest BCUT2D eigenvalue weighted by molar-refractivity contribution is 0.0302. The van der Waals surface area contributed by atoms with Crippen LogP contribution in [-0.2, 0) is 4.74 Å². The van der Waals surface area contributed by atoms with Crippen molar-refractivity contribution in [1.29, 1.82) is 0 Å². The van der Waals surface area contributed by atoms with Crippen molar-refractivity contribution in [2.75, 3.05) is 38.7 Å². The fraction of sp³-hybridized carbons (Fsp3) is 0.200. The monoisotopic (exact) mass is 490 g/mol. The summed E-state index contributed by atoms with van der Waals surface area (Å²) in [6, 6.07) is 15.0. The fourth-order valence-corrected chi connectivity index (χ4v) is 3.99. The SMILES string of the molecule is COc1cc(C(=O)N2CCOCC2)ccc1Nc1ncc(Cl)c(-c2cnn(-c3ccccc3)c2)n1. The van der Waals surface area contributed by atoms with Gasteiger partial charge in [-0.25, -0.2) is 14.6 Å². The molecule has 0 unspecified atom stereocenters. The van der Waals surface area contributed by atoms with Crippen LogP contribution >= 0.6 is 11.6 Å². The van der Waals surface area contributed by atoms with Gasteiger partial charge < -0.3 is 19.7 Å². The maximum absolute atomic E-state index is 12.8. The highest BCUT2D eigenvalue weighted by molar-refractivity contribution is 6.32. The van der Waals surface area contributed by atoms with Crippen molar-refractivity contribution in [1.82, 2.24) is 24.6 Å². The Hall–Kier alpha value is -3.95. The second-order valence-electron chi connectivity index (χ2n) is 7.84. The smallest absolute Gasteiger partial charge is 0.254 e. The Kier molecular flexibility index (Phi) is 6.60. The van der Waals surface area contributed by atoms with Gasteiger partial charge in [0.1, 0.15) is 5.75 Å². The Morgan fingerprint density at radius 1 is 1.11 bits per heavy atom. The number of methoxy groups -OCH3 is 1. The molecule has 9 nitrogen and oxygen atoms in total.